The van der Waals surface area contributed by atoms with Crippen molar-refractivity contribution in [2.45, 2.75) is 13.8 Å². The highest BCUT2D eigenvalue weighted by Gasteiger charge is 2.01. The van der Waals surface area contributed by atoms with Crippen molar-refractivity contribution in [2.24, 2.45) is 0 Å². The van der Waals surface area contributed by atoms with Gasteiger partial charge in [-0.3, -0.25) is 4.98 Å². The van der Waals surface area contributed by atoms with E-state index < -0.39 is 0 Å². The number of aromatic nitrogens is 2. The molecule has 0 aliphatic heterocycles. The number of pyridine rings is 1. The number of thiazole rings is 1. The fourth-order valence-electron chi connectivity index (χ4n) is 1.17. The predicted molar refractivity (Wildman–Crippen MR) is 54.8 cm³/mol. The molecule has 2 aromatic rings. The van der Waals surface area contributed by atoms with Crippen molar-refractivity contribution in [1.29, 1.82) is 0 Å². The monoisotopic (exact) mass is 190 g/mol. The summed E-state index contributed by atoms with van der Waals surface area (Å²) in [6, 6.07) is 4.05. The Hall–Kier alpha value is -1.22. The van der Waals surface area contributed by atoms with E-state index in [1.165, 1.54) is 4.88 Å². The van der Waals surface area contributed by atoms with E-state index in [1.54, 1.807) is 11.3 Å². The lowest BCUT2D eigenvalue weighted by molar-refractivity contribution is 1.20. The molecular weight excluding hydrogens is 180 g/mol. The highest BCUT2D eigenvalue weighted by Crippen LogP contribution is 2.24. The molecule has 0 amide bonds. The van der Waals surface area contributed by atoms with Crippen LogP contribution in [0.1, 0.15) is 10.6 Å². The lowest BCUT2D eigenvalue weighted by Crippen LogP contribution is -1.81. The van der Waals surface area contributed by atoms with Gasteiger partial charge in [0, 0.05) is 28.5 Å². The van der Waals surface area contributed by atoms with Crippen LogP contribution in [0.2, 0.25) is 0 Å². The normalized spacial score (nSPS) is 10.3. The molecule has 2 heterocycles. The van der Waals surface area contributed by atoms with E-state index in [-0.39, 0.29) is 0 Å². The van der Waals surface area contributed by atoms with E-state index in [0.717, 1.165) is 16.3 Å². The fraction of sp³-hybridized carbons (Fsp3) is 0.200. The van der Waals surface area contributed by atoms with E-state index in [1.807, 2.05) is 25.4 Å². The maximum atomic E-state index is 4.32. The summed E-state index contributed by atoms with van der Waals surface area (Å²) in [5.74, 6) is 0. The Bertz CT molecular complexity index is 420. The van der Waals surface area contributed by atoms with Gasteiger partial charge in [0.25, 0.3) is 0 Å². The first kappa shape index (κ1) is 8.38. The zero-order chi connectivity index (χ0) is 9.26. The average molecular weight is 190 g/mol. The van der Waals surface area contributed by atoms with Crippen LogP contribution in [-0.2, 0) is 0 Å². The summed E-state index contributed by atoms with van der Waals surface area (Å²) in [4.78, 5) is 9.71. The first-order valence-corrected chi connectivity index (χ1v) is 4.93. The molecule has 0 radical (unpaired) electrons. The molecule has 0 aliphatic rings. The Morgan fingerprint density at radius 2 is 2.08 bits per heavy atom. The van der Waals surface area contributed by atoms with Gasteiger partial charge in [0.2, 0.25) is 0 Å². The number of hydrogen-bond acceptors (Lipinski definition) is 3. The molecule has 0 fully saturated rings. The molecule has 2 aromatic heterocycles. The van der Waals surface area contributed by atoms with Crippen molar-refractivity contribution in [3.05, 3.63) is 35.1 Å². The summed E-state index contributed by atoms with van der Waals surface area (Å²) < 4.78 is 0. The molecule has 0 spiro atoms. The molecule has 3 heteroatoms. The third-order valence-corrected chi connectivity index (χ3v) is 2.73. The van der Waals surface area contributed by atoms with Crippen LogP contribution in [0.15, 0.2) is 24.5 Å². The van der Waals surface area contributed by atoms with Gasteiger partial charge in [-0.15, -0.1) is 11.3 Å². The fourth-order valence-corrected chi connectivity index (χ4v) is 1.93. The molecule has 2 nitrogen and oxygen atoms in total. The number of nitrogens with zero attached hydrogens (tertiary/aromatic N) is 2. The topological polar surface area (TPSA) is 25.8 Å². The van der Waals surface area contributed by atoms with Crippen LogP contribution in [0, 0.1) is 13.8 Å². The van der Waals surface area contributed by atoms with Gasteiger partial charge in [-0.2, -0.15) is 0 Å². The molecule has 0 bridgehead atoms. The van der Waals surface area contributed by atoms with E-state index in [4.69, 9.17) is 0 Å². The third kappa shape index (κ3) is 1.75. The van der Waals surface area contributed by atoms with E-state index in [0.29, 0.717) is 0 Å². The second kappa shape index (κ2) is 3.26. The SMILES string of the molecule is Cc1cc(-c2ncc(C)s2)ccn1. The zero-order valence-corrected chi connectivity index (χ0v) is 8.43. The molecule has 0 atom stereocenters. The number of rotatable bonds is 1. The van der Waals surface area contributed by atoms with Crippen LogP contribution >= 0.6 is 11.3 Å². The summed E-state index contributed by atoms with van der Waals surface area (Å²) in [6.45, 7) is 4.05. The summed E-state index contributed by atoms with van der Waals surface area (Å²) in [5.41, 5.74) is 2.19. The van der Waals surface area contributed by atoms with E-state index >= 15 is 0 Å². The molecule has 0 saturated carbocycles. The second-order valence-electron chi connectivity index (χ2n) is 2.96. The smallest absolute Gasteiger partial charge is 0.123 e. The van der Waals surface area contributed by atoms with Crippen molar-refractivity contribution < 1.29 is 0 Å². The van der Waals surface area contributed by atoms with Crippen LogP contribution in [0.25, 0.3) is 10.6 Å². The first-order chi connectivity index (χ1) is 6.25. The minimum absolute atomic E-state index is 1.03. The molecule has 0 aromatic carbocycles. The zero-order valence-electron chi connectivity index (χ0n) is 7.61. The van der Waals surface area contributed by atoms with Crippen molar-refractivity contribution in [2.75, 3.05) is 0 Å². The van der Waals surface area contributed by atoms with Crippen LogP contribution in [0.3, 0.4) is 0 Å². The molecular formula is C10H10N2S. The molecule has 66 valence electrons. The van der Waals surface area contributed by atoms with E-state index in [9.17, 15) is 0 Å². The Labute approximate surface area is 81.3 Å². The molecule has 0 unspecified atom stereocenters. The lowest BCUT2D eigenvalue weighted by atomic mass is 10.2. The largest absolute Gasteiger partial charge is 0.262 e. The van der Waals surface area contributed by atoms with Crippen molar-refractivity contribution >= 4 is 11.3 Å². The second-order valence-corrected chi connectivity index (χ2v) is 4.20. The van der Waals surface area contributed by atoms with Crippen molar-refractivity contribution in [3.63, 3.8) is 0 Å². The Morgan fingerprint density at radius 1 is 1.23 bits per heavy atom. The first-order valence-electron chi connectivity index (χ1n) is 4.11. The summed E-state index contributed by atoms with van der Waals surface area (Å²) in [7, 11) is 0. The average Bonchev–Trinajstić information content (AvgIpc) is 2.52. The van der Waals surface area contributed by atoms with Crippen molar-refractivity contribution in [1.82, 2.24) is 9.97 Å². The predicted octanol–water partition coefficient (Wildman–Crippen LogP) is 2.82. The molecule has 0 aliphatic carbocycles. The molecule has 2 rings (SSSR count). The Kier molecular flexibility index (Phi) is 2.10. The van der Waals surface area contributed by atoms with Gasteiger partial charge >= 0.3 is 0 Å². The van der Waals surface area contributed by atoms with Gasteiger partial charge in [0.15, 0.2) is 0 Å². The number of hydrogen-bond donors (Lipinski definition) is 0. The minimum atomic E-state index is 1.03. The quantitative estimate of drug-likeness (QED) is 0.691. The standard InChI is InChI=1S/C10H10N2S/c1-7-5-9(3-4-11-7)10-12-6-8(2)13-10/h3-6H,1-2H3. The van der Waals surface area contributed by atoms with Gasteiger partial charge in [0.1, 0.15) is 5.01 Å². The van der Waals surface area contributed by atoms with Crippen LogP contribution in [0.4, 0.5) is 0 Å². The molecule has 0 saturated heterocycles. The Morgan fingerprint density at radius 3 is 2.69 bits per heavy atom. The van der Waals surface area contributed by atoms with Gasteiger partial charge in [-0.1, -0.05) is 0 Å². The van der Waals surface area contributed by atoms with Gasteiger partial charge < -0.3 is 0 Å². The highest BCUT2D eigenvalue weighted by atomic mass is 32.1. The molecule has 13 heavy (non-hydrogen) atoms. The van der Waals surface area contributed by atoms with Gasteiger partial charge in [0.05, 0.1) is 0 Å². The lowest BCUT2D eigenvalue weighted by Gasteiger charge is -1.95. The highest BCUT2D eigenvalue weighted by molar-refractivity contribution is 7.14. The van der Waals surface area contributed by atoms with Crippen LogP contribution < -0.4 is 0 Å². The van der Waals surface area contributed by atoms with Gasteiger partial charge in [-0.05, 0) is 26.0 Å². The van der Waals surface area contributed by atoms with E-state index in [2.05, 4.69) is 23.0 Å². The minimum Gasteiger partial charge on any atom is -0.262 e. The summed E-state index contributed by atoms with van der Waals surface area (Å²) in [6.07, 6.45) is 3.72. The third-order valence-electron chi connectivity index (χ3n) is 1.76. The van der Waals surface area contributed by atoms with Crippen LogP contribution in [0.5, 0.6) is 0 Å². The Balaban J connectivity index is 2.46. The van der Waals surface area contributed by atoms with Crippen LogP contribution in [-0.4, -0.2) is 9.97 Å². The van der Waals surface area contributed by atoms with Gasteiger partial charge in [-0.25, -0.2) is 4.98 Å². The maximum Gasteiger partial charge on any atom is 0.123 e. The summed E-state index contributed by atoms with van der Waals surface area (Å²) >= 11 is 1.71. The number of aryl methyl sites for hydroxylation is 2. The van der Waals surface area contributed by atoms with Crippen molar-refractivity contribution in [3.8, 4) is 10.6 Å². The maximum absolute atomic E-state index is 4.32. The summed E-state index contributed by atoms with van der Waals surface area (Å²) in [5, 5.41) is 1.07. The molecule has 0 N–H and O–H groups in total.